The smallest absolute Gasteiger partial charge is 0.145 e. The number of rotatable bonds is 8. The summed E-state index contributed by atoms with van der Waals surface area (Å²) in [5, 5.41) is 27.1. The molecular formula is C29H38N16O. The molecule has 0 aliphatic carbocycles. The van der Waals surface area contributed by atoms with Crippen LogP contribution in [0.5, 0.6) is 5.75 Å². The van der Waals surface area contributed by atoms with Crippen LogP contribution in [-0.2, 0) is 26.2 Å². The van der Waals surface area contributed by atoms with Crippen molar-refractivity contribution in [3.8, 4) is 5.75 Å². The van der Waals surface area contributed by atoms with Crippen molar-refractivity contribution in [2.75, 3.05) is 45.9 Å². The van der Waals surface area contributed by atoms with Crippen molar-refractivity contribution in [1.29, 1.82) is 0 Å². The Balaban J connectivity index is 0.000000182. The molecule has 6 rings (SSSR count). The topological polar surface area (TPSA) is 300 Å². The second kappa shape index (κ2) is 12.6. The SMILES string of the molecule is Cc1cc(Cn2ncc(N)c2N)c(O)c(Cn2ncc(N)c2N)c1.Nc1cnn(Cc2cccc(Cn3ncc(N)c3N)c2)c1N. The number of hydrogen-bond donors (Lipinski definition) is 9. The monoisotopic (exact) mass is 626 g/mol. The molecule has 17 N–H and O–H groups in total. The first-order valence-electron chi connectivity index (χ1n) is 14.1. The highest BCUT2D eigenvalue weighted by atomic mass is 16.3. The minimum Gasteiger partial charge on any atom is -0.507 e. The van der Waals surface area contributed by atoms with Crippen molar-refractivity contribution >= 4 is 46.0 Å². The Morgan fingerprint density at radius 1 is 0.522 bits per heavy atom. The fraction of sp³-hybridized carbons (Fsp3) is 0.172. The zero-order valence-electron chi connectivity index (χ0n) is 25.2. The molecule has 240 valence electrons. The van der Waals surface area contributed by atoms with Crippen molar-refractivity contribution < 1.29 is 5.11 Å². The second-order valence-corrected chi connectivity index (χ2v) is 10.8. The Labute approximate surface area is 263 Å². The van der Waals surface area contributed by atoms with Crippen LogP contribution in [0.15, 0.2) is 61.2 Å². The third-order valence-electron chi connectivity index (χ3n) is 7.35. The van der Waals surface area contributed by atoms with Crippen LogP contribution >= 0.6 is 0 Å². The van der Waals surface area contributed by atoms with E-state index in [2.05, 4.69) is 26.5 Å². The molecule has 0 unspecified atom stereocenters. The van der Waals surface area contributed by atoms with E-state index in [0.717, 1.165) is 16.7 Å². The normalized spacial score (nSPS) is 11.0. The van der Waals surface area contributed by atoms with Gasteiger partial charge in [0.2, 0.25) is 0 Å². The van der Waals surface area contributed by atoms with Gasteiger partial charge in [-0.15, -0.1) is 0 Å². The minimum atomic E-state index is 0.141. The number of nitrogen functional groups attached to an aromatic ring is 8. The molecule has 6 aromatic rings. The van der Waals surface area contributed by atoms with Crippen LogP contribution in [0.3, 0.4) is 0 Å². The average molecular weight is 627 g/mol. The molecule has 0 atom stereocenters. The summed E-state index contributed by atoms with van der Waals surface area (Å²) in [7, 11) is 0. The summed E-state index contributed by atoms with van der Waals surface area (Å²) in [5.74, 6) is 1.80. The molecule has 0 spiro atoms. The molecule has 0 aliphatic heterocycles. The molecule has 0 saturated heterocycles. The summed E-state index contributed by atoms with van der Waals surface area (Å²) in [5.41, 5.74) is 52.5. The molecule has 17 nitrogen and oxygen atoms in total. The third kappa shape index (κ3) is 6.52. The molecule has 0 radical (unpaired) electrons. The Morgan fingerprint density at radius 3 is 1.15 bits per heavy atom. The molecular weight excluding hydrogens is 588 g/mol. The molecule has 0 fully saturated rings. The first-order valence-corrected chi connectivity index (χ1v) is 14.1. The molecule has 0 bridgehead atoms. The average Bonchev–Trinajstić information content (AvgIpc) is 3.73. The van der Waals surface area contributed by atoms with Gasteiger partial charge in [0.05, 0.1) is 73.7 Å². The molecule has 4 aromatic heterocycles. The highest BCUT2D eigenvalue weighted by Crippen LogP contribution is 2.28. The van der Waals surface area contributed by atoms with Crippen molar-refractivity contribution in [2.45, 2.75) is 33.1 Å². The first kappa shape index (κ1) is 30.9. The van der Waals surface area contributed by atoms with E-state index in [0.29, 0.717) is 83.3 Å². The number of hydrogen-bond acceptors (Lipinski definition) is 13. The second-order valence-electron chi connectivity index (χ2n) is 10.8. The Morgan fingerprint density at radius 2 is 0.848 bits per heavy atom. The zero-order valence-corrected chi connectivity index (χ0v) is 25.2. The van der Waals surface area contributed by atoms with Crippen molar-refractivity contribution in [2.24, 2.45) is 0 Å². The van der Waals surface area contributed by atoms with E-state index in [1.807, 2.05) is 37.3 Å². The summed E-state index contributed by atoms with van der Waals surface area (Å²) < 4.78 is 6.39. The predicted octanol–water partition coefficient (Wildman–Crippen LogP) is 1.02. The fourth-order valence-corrected chi connectivity index (χ4v) is 4.81. The maximum absolute atomic E-state index is 10.6. The van der Waals surface area contributed by atoms with Gasteiger partial charge in [-0.1, -0.05) is 42.0 Å². The number of aryl methyl sites for hydroxylation is 1. The van der Waals surface area contributed by atoms with E-state index in [1.165, 1.54) is 21.8 Å². The zero-order chi connectivity index (χ0) is 33.1. The number of nitrogens with two attached hydrogens (primary N) is 8. The molecule has 0 amide bonds. The molecule has 46 heavy (non-hydrogen) atoms. The summed E-state index contributed by atoms with van der Waals surface area (Å²) in [4.78, 5) is 0. The highest BCUT2D eigenvalue weighted by molar-refractivity contribution is 5.59. The van der Waals surface area contributed by atoms with Crippen LogP contribution in [-0.4, -0.2) is 44.2 Å². The minimum absolute atomic E-state index is 0.141. The van der Waals surface area contributed by atoms with Crippen LogP contribution in [0.2, 0.25) is 0 Å². The third-order valence-corrected chi connectivity index (χ3v) is 7.35. The first-order chi connectivity index (χ1) is 21.9. The summed E-state index contributed by atoms with van der Waals surface area (Å²) >= 11 is 0. The largest absolute Gasteiger partial charge is 0.507 e. The fourth-order valence-electron chi connectivity index (χ4n) is 4.81. The van der Waals surface area contributed by atoms with Crippen molar-refractivity contribution in [1.82, 2.24) is 39.1 Å². The predicted molar refractivity (Wildman–Crippen MR) is 180 cm³/mol. The molecule has 2 aromatic carbocycles. The Bertz CT molecular complexity index is 1850. The lowest BCUT2D eigenvalue weighted by atomic mass is 10.0. The maximum atomic E-state index is 10.6. The molecule has 0 saturated carbocycles. The number of aromatic hydroxyl groups is 1. The van der Waals surface area contributed by atoms with E-state index in [4.69, 9.17) is 45.9 Å². The lowest BCUT2D eigenvalue weighted by Gasteiger charge is -2.13. The number of aromatic nitrogens is 8. The Kier molecular flexibility index (Phi) is 8.47. The number of phenolic OH excluding ortho intramolecular Hbond substituents is 1. The van der Waals surface area contributed by atoms with E-state index >= 15 is 0 Å². The Hall–Kier alpha value is -6.52. The molecule has 0 aliphatic rings. The number of anilines is 8. The van der Waals surface area contributed by atoms with Gasteiger partial charge in [-0.3, -0.25) is 0 Å². The molecule has 4 heterocycles. The van der Waals surface area contributed by atoms with Gasteiger partial charge >= 0.3 is 0 Å². The van der Waals surface area contributed by atoms with Crippen LogP contribution in [0, 0.1) is 6.92 Å². The summed E-state index contributed by atoms with van der Waals surface area (Å²) in [6, 6.07) is 11.8. The van der Waals surface area contributed by atoms with E-state index < -0.39 is 0 Å². The van der Waals surface area contributed by atoms with Gasteiger partial charge in [-0.2, -0.15) is 20.4 Å². The maximum Gasteiger partial charge on any atom is 0.145 e. The van der Waals surface area contributed by atoms with Crippen molar-refractivity contribution in [3.05, 3.63) is 89.0 Å². The molecule has 17 heteroatoms. The number of nitrogens with zero attached hydrogens (tertiary/aromatic N) is 8. The van der Waals surface area contributed by atoms with E-state index in [-0.39, 0.29) is 5.75 Å². The highest BCUT2D eigenvalue weighted by Gasteiger charge is 2.14. The quantitative estimate of drug-likeness (QED) is 0.114. The van der Waals surface area contributed by atoms with Crippen LogP contribution in [0.4, 0.5) is 46.0 Å². The lowest BCUT2D eigenvalue weighted by molar-refractivity contribution is 0.453. The lowest BCUT2D eigenvalue weighted by Crippen LogP contribution is -2.10. The van der Waals surface area contributed by atoms with Crippen molar-refractivity contribution in [3.63, 3.8) is 0 Å². The van der Waals surface area contributed by atoms with Gasteiger partial charge in [0.25, 0.3) is 0 Å². The van der Waals surface area contributed by atoms with Crippen LogP contribution < -0.4 is 45.9 Å². The van der Waals surface area contributed by atoms with Crippen LogP contribution in [0.1, 0.15) is 27.8 Å². The van der Waals surface area contributed by atoms with Gasteiger partial charge in [0.15, 0.2) is 0 Å². The number of benzene rings is 2. The van der Waals surface area contributed by atoms with Crippen LogP contribution in [0.25, 0.3) is 0 Å². The summed E-state index contributed by atoms with van der Waals surface area (Å²) in [6.45, 7) is 3.65. The number of phenols is 1. The van der Waals surface area contributed by atoms with Gasteiger partial charge in [-0.25, -0.2) is 18.7 Å². The standard InChI is InChI=1S/C15H20N8O.C14H18N8/c1-8-2-9(6-22-14(18)11(16)4-20-22)13(24)10(3-8)7-23-15(19)12(17)5-21-23;15-11-5-19-21(13(11)17)7-9-2-1-3-10(4-9)8-22-14(18)12(16)6-20-22/h2-5,24H,6-7,16-19H2,1H3;1-6H,7-8,15-18H2. The van der Waals surface area contributed by atoms with Gasteiger partial charge < -0.3 is 51.0 Å². The van der Waals surface area contributed by atoms with Gasteiger partial charge in [-0.05, 0) is 18.1 Å². The van der Waals surface area contributed by atoms with E-state index in [1.54, 1.807) is 21.8 Å². The summed E-state index contributed by atoms with van der Waals surface area (Å²) in [6.07, 6.45) is 6.06. The van der Waals surface area contributed by atoms with Gasteiger partial charge in [0.1, 0.15) is 29.0 Å². The van der Waals surface area contributed by atoms with E-state index in [9.17, 15) is 5.11 Å². The van der Waals surface area contributed by atoms with Gasteiger partial charge in [0, 0.05) is 11.1 Å².